The Hall–Kier alpha value is -3.48. The molecule has 0 saturated carbocycles. The molecule has 0 aliphatic rings. The molecule has 0 aromatic heterocycles. The highest BCUT2D eigenvalue weighted by molar-refractivity contribution is 6.14. The minimum Gasteiger partial charge on any atom is -0.452 e. The van der Waals surface area contributed by atoms with Crippen molar-refractivity contribution in [2.24, 2.45) is 0 Å². The van der Waals surface area contributed by atoms with Crippen molar-refractivity contribution in [2.45, 2.75) is 6.92 Å². The summed E-state index contributed by atoms with van der Waals surface area (Å²) in [4.78, 5) is 47.9. The molecule has 0 unspecified atom stereocenters. The van der Waals surface area contributed by atoms with E-state index in [1.807, 2.05) is 0 Å². The molecular formula is C20H20N2O5. The van der Waals surface area contributed by atoms with Crippen LogP contribution in [0.15, 0.2) is 54.6 Å². The average Bonchev–Trinajstić information content (AvgIpc) is 2.70. The molecule has 140 valence electrons. The smallest absolute Gasteiger partial charge is 0.339 e. The van der Waals surface area contributed by atoms with Crippen LogP contribution in [0.5, 0.6) is 0 Å². The Labute approximate surface area is 156 Å². The molecule has 2 aromatic rings. The molecule has 2 N–H and O–H groups in total. The summed E-state index contributed by atoms with van der Waals surface area (Å²) in [7, 11) is 0. The van der Waals surface area contributed by atoms with E-state index < -0.39 is 18.5 Å². The van der Waals surface area contributed by atoms with Gasteiger partial charge in [0.1, 0.15) is 0 Å². The third-order valence-electron chi connectivity index (χ3n) is 3.58. The number of carbonyl (C=O) groups excluding carboxylic acids is 4. The normalized spacial score (nSPS) is 9.96. The monoisotopic (exact) mass is 368 g/mol. The van der Waals surface area contributed by atoms with Gasteiger partial charge in [0.15, 0.2) is 12.4 Å². The summed E-state index contributed by atoms with van der Waals surface area (Å²) in [5, 5.41) is 4.87. The number of likely N-dealkylation sites (N-methyl/N-ethyl adjacent to an activating group) is 1. The summed E-state index contributed by atoms with van der Waals surface area (Å²) in [5.41, 5.74) is 0.705. The lowest BCUT2D eigenvalue weighted by molar-refractivity contribution is -0.127. The molecule has 7 heteroatoms. The molecule has 0 aliphatic carbocycles. The van der Waals surface area contributed by atoms with Gasteiger partial charge in [0.25, 0.3) is 5.91 Å². The van der Waals surface area contributed by atoms with Crippen LogP contribution < -0.4 is 10.6 Å². The first-order valence-electron chi connectivity index (χ1n) is 8.42. The average molecular weight is 368 g/mol. The fourth-order valence-electron chi connectivity index (χ4n) is 2.30. The van der Waals surface area contributed by atoms with Crippen molar-refractivity contribution in [3.05, 3.63) is 71.3 Å². The van der Waals surface area contributed by atoms with Crippen molar-refractivity contribution in [1.82, 2.24) is 10.6 Å². The van der Waals surface area contributed by atoms with Gasteiger partial charge < -0.3 is 15.4 Å². The molecule has 0 heterocycles. The molecule has 0 atom stereocenters. The number of ether oxygens (including phenoxy) is 1. The number of nitrogens with one attached hydrogen (secondary N) is 2. The van der Waals surface area contributed by atoms with Crippen LogP contribution in [-0.4, -0.2) is 43.3 Å². The van der Waals surface area contributed by atoms with E-state index in [9.17, 15) is 19.2 Å². The highest BCUT2D eigenvalue weighted by Gasteiger charge is 2.19. The molecule has 0 bridgehead atoms. The molecule has 2 rings (SSSR count). The summed E-state index contributed by atoms with van der Waals surface area (Å²) in [6, 6.07) is 14.8. The van der Waals surface area contributed by atoms with Crippen molar-refractivity contribution in [1.29, 1.82) is 0 Å². The lowest BCUT2D eigenvalue weighted by atomic mass is 9.98. The van der Waals surface area contributed by atoms with Gasteiger partial charge in [0.05, 0.1) is 12.1 Å². The van der Waals surface area contributed by atoms with E-state index in [1.165, 1.54) is 12.1 Å². The van der Waals surface area contributed by atoms with Crippen LogP contribution in [0.4, 0.5) is 0 Å². The molecule has 7 nitrogen and oxygen atoms in total. The fraction of sp³-hybridized carbons (Fsp3) is 0.200. The van der Waals surface area contributed by atoms with E-state index in [1.54, 1.807) is 49.4 Å². The number of rotatable bonds is 8. The van der Waals surface area contributed by atoms with Crippen LogP contribution in [0.1, 0.15) is 33.2 Å². The number of carbonyl (C=O) groups is 4. The highest BCUT2D eigenvalue weighted by atomic mass is 16.5. The standard InChI is InChI=1S/C20H20N2O5/c1-2-21-17(23)12-22-18(24)13-27-20(26)16-11-7-6-10-15(16)19(25)14-8-4-3-5-9-14/h3-11H,2,12-13H2,1H3,(H,21,23)(H,22,24). The van der Waals surface area contributed by atoms with Crippen molar-refractivity contribution >= 4 is 23.6 Å². The third-order valence-corrected chi connectivity index (χ3v) is 3.58. The second-order valence-electron chi connectivity index (χ2n) is 5.55. The molecule has 2 aromatic carbocycles. The molecular weight excluding hydrogens is 348 g/mol. The van der Waals surface area contributed by atoms with Gasteiger partial charge in [-0.25, -0.2) is 4.79 Å². The molecule has 27 heavy (non-hydrogen) atoms. The Balaban J connectivity index is 2.00. The second-order valence-corrected chi connectivity index (χ2v) is 5.55. The third kappa shape index (κ3) is 5.78. The van der Waals surface area contributed by atoms with Crippen LogP contribution in [-0.2, 0) is 14.3 Å². The van der Waals surface area contributed by atoms with Gasteiger partial charge in [-0.3, -0.25) is 14.4 Å². The summed E-state index contributed by atoms with van der Waals surface area (Å²) in [6.07, 6.45) is 0. The predicted octanol–water partition coefficient (Wildman–Crippen LogP) is 1.33. The van der Waals surface area contributed by atoms with Crippen molar-refractivity contribution in [2.75, 3.05) is 19.7 Å². The van der Waals surface area contributed by atoms with Crippen molar-refractivity contribution in [3.8, 4) is 0 Å². The first kappa shape index (κ1) is 19.8. The molecule has 2 amide bonds. The Morgan fingerprint density at radius 1 is 0.815 bits per heavy atom. The van der Waals surface area contributed by atoms with Gasteiger partial charge in [-0.05, 0) is 13.0 Å². The number of amides is 2. The maximum atomic E-state index is 12.6. The zero-order valence-electron chi connectivity index (χ0n) is 14.9. The van der Waals surface area contributed by atoms with Crippen LogP contribution in [0.25, 0.3) is 0 Å². The number of hydrogen-bond donors (Lipinski definition) is 2. The zero-order valence-corrected chi connectivity index (χ0v) is 14.9. The summed E-state index contributed by atoms with van der Waals surface area (Å²) < 4.78 is 4.97. The van der Waals surface area contributed by atoms with E-state index in [-0.39, 0.29) is 29.4 Å². The van der Waals surface area contributed by atoms with Crippen LogP contribution in [0.3, 0.4) is 0 Å². The number of esters is 1. The number of ketones is 1. The molecule has 0 saturated heterocycles. The lowest BCUT2D eigenvalue weighted by Crippen LogP contribution is -2.38. The summed E-state index contributed by atoms with van der Waals surface area (Å²) in [5.74, 6) is -2.05. The van der Waals surface area contributed by atoms with Crippen LogP contribution in [0, 0.1) is 0 Å². The molecule has 0 fully saturated rings. The largest absolute Gasteiger partial charge is 0.452 e. The molecule has 0 spiro atoms. The van der Waals surface area contributed by atoms with Gasteiger partial charge >= 0.3 is 5.97 Å². The minimum absolute atomic E-state index is 0.0721. The Bertz CT molecular complexity index is 833. The Morgan fingerprint density at radius 3 is 2.11 bits per heavy atom. The maximum Gasteiger partial charge on any atom is 0.339 e. The van der Waals surface area contributed by atoms with Gasteiger partial charge in [-0.2, -0.15) is 0 Å². The number of hydrogen-bond acceptors (Lipinski definition) is 5. The Kier molecular flexibility index (Phi) is 7.25. The lowest BCUT2D eigenvalue weighted by Gasteiger charge is -2.09. The predicted molar refractivity (Wildman–Crippen MR) is 98.3 cm³/mol. The fourth-order valence-corrected chi connectivity index (χ4v) is 2.30. The van der Waals surface area contributed by atoms with E-state index in [0.29, 0.717) is 12.1 Å². The molecule has 0 aliphatic heterocycles. The topological polar surface area (TPSA) is 102 Å². The van der Waals surface area contributed by atoms with Gasteiger partial charge in [-0.15, -0.1) is 0 Å². The quantitative estimate of drug-likeness (QED) is 0.541. The number of benzene rings is 2. The van der Waals surface area contributed by atoms with Crippen LogP contribution >= 0.6 is 0 Å². The van der Waals surface area contributed by atoms with E-state index >= 15 is 0 Å². The van der Waals surface area contributed by atoms with Gasteiger partial charge in [0.2, 0.25) is 5.91 Å². The van der Waals surface area contributed by atoms with Crippen molar-refractivity contribution < 1.29 is 23.9 Å². The van der Waals surface area contributed by atoms with Gasteiger partial charge in [0, 0.05) is 17.7 Å². The zero-order chi connectivity index (χ0) is 19.6. The minimum atomic E-state index is -0.789. The second kappa shape index (κ2) is 9.86. The summed E-state index contributed by atoms with van der Waals surface area (Å²) in [6.45, 7) is 1.46. The van der Waals surface area contributed by atoms with Crippen LogP contribution in [0.2, 0.25) is 0 Å². The van der Waals surface area contributed by atoms with E-state index in [4.69, 9.17) is 4.74 Å². The SMILES string of the molecule is CCNC(=O)CNC(=O)COC(=O)c1ccccc1C(=O)c1ccccc1. The van der Waals surface area contributed by atoms with E-state index in [0.717, 1.165) is 0 Å². The highest BCUT2D eigenvalue weighted by Crippen LogP contribution is 2.15. The molecule has 0 radical (unpaired) electrons. The Morgan fingerprint density at radius 2 is 1.44 bits per heavy atom. The maximum absolute atomic E-state index is 12.6. The van der Waals surface area contributed by atoms with Crippen molar-refractivity contribution in [3.63, 3.8) is 0 Å². The summed E-state index contributed by atoms with van der Waals surface area (Å²) >= 11 is 0. The first-order valence-corrected chi connectivity index (χ1v) is 8.42. The van der Waals surface area contributed by atoms with E-state index in [2.05, 4.69) is 10.6 Å². The first-order chi connectivity index (χ1) is 13.0. The van der Waals surface area contributed by atoms with Gasteiger partial charge in [-0.1, -0.05) is 48.5 Å².